The Bertz CT molecular complexity index is 1070. The van der Waals surface area contributed by atoms with Gasteiger partial charge in [-0.05, 0) is 55.0 Å². The van der Waals surface area contributed by atoms with Crippen molar-refractivity contribution in [3.63, 3.8) is 0 Å². The van der Waals surface area contributed by atoms with Crippen LogP contribution in [0.3, 0.4) is 0 Å². The molecular formula is C20H15FN4. The van der Waals surface area contributed by atoms with Crippen molar-refractivity contribution in [3.05, 3.63) is 84.3 Å². The number of imidazole rings is 1. The quantitative estimate of drug-likeness (QED) is 0.433. The van der Waals surface area contributed by atoms with Gasteiger partial charge in [-0.3, -0.25) is 4.40 Å². The highest BCUT2D eigenvalue weighted by Crippen LogP contribution is 2.33. The maximum atomic E-state index is 13.6. The summed E-state index contributed by atoms with van der Waals surface area (Å²) in [6.45, 7) is 1.74. The Hall–Kier alpha value is -3.34. The molecule has 0 fully saturated rings. The van der Waals surface area contributed by atoms with Crippen LogP contribution in [0.2, 0.25) is 0 Å². The molecule has 4 nitrogen and oxygen atoms in total. The Labute approximate surface area is 144 Å². The molecule has 0 amide bonds. The molecule has 0 aliphatic rings. The van der Waals surface area contributed by atoms with Gasteiger partial charge < -0.3 is 0 Å². The maximum absolute atomic E-state index is 13.6. The fourth-order valence-corrected chi connectivity index (χ4v) is 2.66. The summed E-state index contributed by atoms with van der Waals surface area (Å²) in [6, 6.07) is 20.2. The molecule has 0 saturated carbocycles. The van der Waals surface area contributed by atoms with E-state index in [2.05, 4.69) is 15.2 Å². The molecule has 4 rings (SSSR count). The number of hydrogen-bond acceptors (Lipinski definition) is 3. The van der Waals surface area contributed by atoms with E-state index < -0.39 is 0 Å². The van der Waals surface area contributed by atoms with Gasteiger partial charge in [0.25, 0.3) is 0 Å². The Morgan fingerprint density at radius 3 is 2.52 bits per heavy atom. The van der Waals surface area contributed by atoms with Gasteiger partial charge in [0.15, 0.2) is 5.82 Å². The minimum Gasteiger partial charge on any atom is -0.283 e. The minimum atomic E-state index is -0.236. The lowest BCUT2D eigenvalue weighted by Crippen LogP contribution is -1.85. The van der Waals surface area contributed by atoms with Crippen LogP contribution in [0.5, 0.6) is 0 Å². The van der Waals surface area contributed by atoms with Gasteiger partial charge >= 0.3 is 0 Å². The lowest BCUT2D eigenvalue weighted by atomic mass is 10.1. The molecule has 122 valence electrons. The predicted octanol–water partition coefficient (Wildman–Crippen LogP) is 5.86. The largest absolute Gasteiger partial charge is 0.283 e. The number of pyridine rings is 1. The van der Waals surface area contributed by atoms with Gasteiger partial charge in [-0.25, -0.2) is 9.37 Å². The third-order valence-electron chi connectivity index (χ3n) is 3.95. The van der Waals surface area contributed by atoms with E-state index in [-0.39, 0.29) is 5.82 Å². The highest BCUT2D eigenvalue weighted by Gasteiger charge is 2.14. The molecule has 0 radical (unpaired) electrons. The van der Waals surface area contributed by atoms with E-state index in [1.807, 2.05) is 59.1 Å². The van der Waals surface area contributed by atoms with Crippen molar-refractivity contribution in [2.75, 3.05) is 0 Å². The monoisotopic (exact) mass is 330 g/mol. The van der Waals surface area contributed by atoms with Crippen LogP contribution in [-0.2, 0) is 0 Å². The summed E-state index contributed by atoms with van der Waals surface area (Å²) in [4.78, 5) is 4.65. The van der Waals surface area contributed by atoms with E-state index in [0.29, 0.717) is 17.1 Å². The van der Waals surface area contributed by atoms with Gasteiger partial charge in [-0.15, -0.1) is 10.2 Å². The van der Waals surface area contributed by atoms with Gasteiger partial charge in [-0.2, -0.15) is 0 Å². The fourth-order valence-electron chi connectivity index (χ4n) is 2.66. The molecule has 25 heavy (non-hydrogen) atoms. The molecule has 0 unspecified atom stereocenters. The first-order valence-corrected chi connectivity index (χ1v) is 7.93. The van der Waals surface area contributed by atoms with Crippen LogP contribution < -0.4 is 0 Å². The highest BCUT2D eigenvalue weighted by molar-refractivity contribution is 5.74. The fraction of sp³-hybridized carbons (Fsp3) is 0.0500. The number of aromatic nitrogens is 2. The molecule has 2 aromatic carbocycles. The topological polar surface area (TPSA) is 42.0 Å². The number of azo groups is 1. The van der Waals surface area contributed by atoms with Crippen LogP contribution in [0.25, 0.3) is 16.9 Å². The van der Waals surface area contributed by atoms with Crippen LogP contribution in [0.4, 0.5) is 15.9 Å². The normalized spacial score (nSPS) is 11.4. The molecule has 0 aliphatic carbocycles. The number of aryl methyl sites for hydroxylation is 1. The van der Waals surface area contributed by atoms with E-state index >= 15 is 0 Å². The molecular weight excluding hydrogens is 315 g/mol. The van der Waals surface area contributed by atoms with Crippen molar-refractivity contribution in [3.8, 4) is 11.3 Å². The van der Waals surface area contributed by atoms with Gasteiger partial charge in [0.1, 0.15) is 17.2 Å². The zero-order valence-corrected chi connectivity index (χ0v) is 13.6. The van der Waals surface area contributed by atoms with Gasteiger partial charge in [0, 0.05) is 11.8 Å². The first-order valence-electron chi connectivity index (χ1n) is 7.93. The zero-order valence-electron chi connectivity index (χ0n) is 13.6. The van der Waals surface area contributed by atoms with E-state index in [1.165, 1.54) is 6.07 Å². The van der Waals surface area contributed by atoms with Crippen molar-refractivity contribution in [2.45, 2.75) is 6.92 Å². The first kappa shape index (κ1) is 15.2. The second-order valence-electron chi connectivity index (χ2n) is 5.71. The van der Waals surface area contributed by atoms with Crippen LogP contribution in [-0.4, -0.2) is 9.38 Å². The second kappa shape index (κ2) is 6.28. The van der Waals surface area contributed by atoms with Crippen molar-refractivity contribution < 1.29 is 4.39 Å². The average Bonchev–Trinajstić information content (AvgIpc) is 3.02. The lowest BCUT2D eigenvalue weighted by Gasteiger charge is -2.02. The zero-order chi connectivity index (χ0) is 17.2. The number of fused-ring (bicyclic) bond motifs is 1. The molecule has 0 saturated heterocycles. The Morgan fingerprint density at radius 1 is 0.920 bits per heavy atom. The third kappa shape index (κ3) is 2.92. The molecule has 0 spiro atoms. The molecule has 4 aromatic rings. The molecule has 0 N–H and O–H groups in total. The molecule has 0 aliphatic heterocycles. The van der Waals surface area contributed by atoms with Gasteiger partial charge in [0.2, 0.25) is 0 Å². The van der Waals surface area contributed by atoms with Gasteiger partial charge in [-0.1, -0.05) is 24.3 Å². The smallest absolute Gasteiger partial charge is 0.187 e. The third-order valence-corrected chi connectivity index (χ3v) is 3.95. The van der Waals surface area contributed by atoms with Crippen molar-refractivity contribution in [1.82, 2.24) is 9.38 Å². The number of benzene rings is 2. The predicted molar refractivity (Wildman–Crippen MR) is 95.9 cm³/mol. The average molecular weight is 330 g/mol. The molecule has 2 heterocycles. The summed E-state index contributed by atoms with van der Waals surface area (Å²) in [5.74, 6) is 0.380. The summed E-state index contributed by atoms with van der Waals surface area (Å²) < 4.78 is 15.5. The van der Waals surface area contributed by atoms with Crippen molar-refractivity contribution in [1.29, 1.82) is 0 Å². The summed E-state index contributed by atoms with van der Waals surface area (Å²) in [5.41, 5.74) is 3.58. The van der Waals surface area contributed by atoms with E-state index in [9.17, 15) is 4.39 Å². The summed E-state index contributed by atoms with van der Waals surface area (Å²) in [7, 11) is 0. The van der Waals surface area contributed by atoms with Crippen LogP contribution in [0.1, 0.15) is 5.56 Å². The number of halogens is 1. The highest BCUT2D eigenvalue weighted by atomic mass is 19.1. The summed E-state index contributed by atoms with van der Waals surface area (Å²) >= 11 is 0. The van der Waals surface area contributed by atoms with Crippen molar-refractivity contribution in [2.24, 2.45) is 10.2 Å². The lowest BCUT2D eigenvalue weighted by molar-refractivity contribution is 0.619. The molecule has 5 heteroatoms. The molecule has 0 bridgehead atoms. The first-order chi connectivity index (χ1) is 12.2. The van der Waals surface area contributed by atoms with E-state index in [0.717, 1.165) is 16.9 Å². The van der Waals surface area contributed by atoms with Crippen LogP contribution >= 0.6 is 0 Å². The Balaban J connectivity index is 1.89. The SMILES string of the molecule is Cc1cc(-c2nc3ccccn3c2N=Nc2ccccc2)ccc1F. The second-order valence-corrected chi connectivity index (χ2v) is 5.71. The summed E-state index contributed by atoms with van der Waals surface area (Å²) in [6.07, 6.45) is 1.89. The molecule has 0 atom stereocenters. The Morgan fingerprint density at radius 2 is 1.72 bits per heavy atom. The number of nitrogens with zero attached hydrogens (tertiary/aromatic N) is 4. The van der Waals surface area contributed by atoms with Crippen LogP contribution in [0, 0.1) is 12.7 Å². The van der Waals surface area contributed by atoms with Gasteiger partial charge in [0.05, 0.1) is 5.69 Å². The van der Waals surface area contributed by atoms with Crippen LogP contribution in [0.15, 0.2) is 83.2 Å². The maximum Gasteiger partial charge on any atom is 0.187 e. The Kier molecular flexibility index (Phi) is 3.82. The summed E-state index contributed by atoms with van der Waals surface area (Å²) in [5, 5.41) is 8.74. The molecule has 2 aromatic heterocycles. The van der Waals surface area contributed by atoms with E-state index in [1.54, 1.807) is 19.1 Å². The van der Waals surface area contributed by atoms with Crippen molar-refractivity contribution >= 4 is 17.2 Å². The minimum absolute atomic E-state index is 0.236. The standard InChI is InChI=1S/C20H15FN4/c1-14-13-15(10-11-17(14)21)19-20(24-23-16-7-3-2-4-8-16)25-12-6-5-9-18(25)22-19/h2-13H,1H3. The van der Waals surface area contributed by atoms with E-state index in [4.69, 9.17) is 0 Å². The number of rotatable bonds is 3. The number of hydrogen-bond donors (Lipinski definition) is 0.